The van der Waals surface area contributed by atoms with Crippen molar-refractivity contribution in [2.75, 3.05) is 13.2 Å². The van der Waals surface area contributed by atoms with E-state index < -0.39 is 0 Å². The predicted octanol–water partition coefficient (Wildman–Crippen LogP) is 2.01. The summed E-state index contributed by atoms with van der Waals surface area (Å²) in [5, 5.41) is 20.9. The van der Waals surface area contributed by atoms with Gasteiger partial charge in [-0.25, -0.2) is 0 Å². The average Bonchev–Trinajstić information content (AvgIpc) is 2.35. The molecule has 98 valence electrons. The van der Waals surface area contributed by atoms with E-state index in [1.165, 1.54) is 0 Å². The third-order valence-electron chi connectivity index (χ3n) is 2.40. The van der Waals surface area contributed by atoms with Gasteiger partial charge in [-0.1, -0.05) is 12.1 Å². The maximum atomic E-state index is 9.09. The van der Waals surface area contributed by atoms with Crippen LogP contribution in [0, 0.1) is 11.3 Å². The Bertz CT molecular complexity index is 382. The SMILES string of the molecule is CC(C)Oc1ccc(C(C#N)NCCCO)cc1. The Balaban J connectivity index is 2.61. The van der Waals surface area contributed by atoms with Gasteiger partial charge >= 0.3 is 0 Å². The minimum atomic E-state index is -0.343. The number of hydrogen-bond donors (Lipinski definition) is 2. The van der Waals surface area contributed by atoms with Gasteiger partial charge in [-0.05, 0) is 44.5 Å². The van der Waals surface area contributed by atoms with Crippen LogP contribution < -0.4 is 10.1 Å². The van der Waals surface area contributed by atoms with E-state index in [1.807, 2.05) is 38.1 Å². The Hall–Kier alpha value is -1.57. The quantitative estimate of drug-likeness (QED) is 0.724. The van der Waals surface area contributed by atoms with Crippen molar-refractivity contribution in [2.24, 2.45) is 0 Å². The molecule has 1 aromatic carbocycles. The van der Waals surface area contributed by atoms with Crippen LogP contribution in [-0.4, -0.2) is 24.4 Å². The maximum absolute atomic E-state index is 9.09. The molecule has 0 amide bonds. The number of aliphatic hydroxyl groups is 1. The van der Waals surface area contributed by atoms with Gasteiger partial charge in [-0.2, -0.15) is 5.26 Å². The van der Waals surface area contributed by atoms with Crippen LogP contribution in [0.15, 0.2) is 24.3 Å². The lowest BCUT2D eigenvalue weighted by Gasteiger charge is -2.13. The second kappa shape index (κ2) is 7.70. The third-order valence-corrected chi connectivity index (χ3v) is 2.40. The Morgan fingerprint density at radius 1 is 1.33 bits per heavy atom. The summed E-state index contributed by atoms with van der Waals surface area (Å²) < 4.78 is 5.54. The fourth-order valence-corrected chi connectivity index (χ4v) is 1.57. The van der Waals surface area contributed by atoms with Crippen molar-refractivity contribution in [3.05, 3.63) is 29.8 Å². The highest BCUT2D eigenvalue weighted by molar-refractivity contribution is 5.31. The fourth-order valence-electron chi connectivity index (χ4n) is 1.57. The molecule has 0 aromatic heterocycles. The first kappa shape index (κ1) is 14.5. The Morgan fingerprint density at radius 2 is 2.00 bits per heavy atom. The van der Waals surface area contributed by atoms with Gasteiger partial charge < -0.3 is 9.84 Å². The smallest absolute Gasteiger partial charge is 0.121 e. The van der Waals surface area contributed by atoms with E-state index in [2.05, 4.69) is 11.4 Å². The van der Waals surface area contributed by atoms with E-state index in [4.69, 9.17) is 15.1 Å². The third kappa shape index (κ3) is 4.74. The molecule has 1 aromatic rings. The molecule has 0 aliphatic rings. The number of nitrogens with zero attached hydrogens (tertiary/aromatic N) is 1. The summed E-state index contributed by atoms with van der Waals surface area (Å²) >= 11 is 0. The monoisotopic (exact) mass is 248 g/mol. The zero-order valence-electron chi connectivity index (χ0n) is 10.9. The van der Waals surface area contributed by atoms with Crippen LogP contribution in [0.5, 0.6) is 5.75 Å². The van der Waals surface area contributed by atoms with E-state index in [9.17, 15) is 0 Å². The van der Waals surface area contributed by atoms with Crippen LogP contribution in [-0.2, 0) is 0 Å². The summed E-state index contributed by atoms with van der Waals surface area (Å²) in [6.45, 7) is 4.70. The van der Waals surface area contributed by atoms with Gasteiger partial charge in [-0.15, -0.1) is 0 Å². The molecule has 4 nitrogen and oxygen atoms in total. The normalized spacial score (nSPS) is 12.2. The molecule has 2 N–H and O–H groups in total. The number of hydrogen-bond acceptors (Lipinski definition) is 4. The van der Waals surface area contributed by atoms with E-state index >= 15 is 0 Å². The van der Waals surface area contributed by atoms with E-state index in [0.717, 1.165) is 11.3 Å². The summed E-state index contributed by atoms with van der Waals surface area (Å²) in [5.74, 6) is 0.806. The number of nitrogens with one attached hydrogen (secondary N) is 1. The average molecular weight is 248 g/mol. The fraction of sp³-hybridized carbons (Fsp3) is 0.500. The second-order valence-corrected chi connectivity index (χ2v) is 4.33. The zero-order chi connectivity index (χ0) is 13.4. The number of benzene rings is 1. The molecule has 1 atom stereocenters. The molecule has 0 bridgehead atoms. The topological polar surface area (TPSA) is 65.3 Å². The number of rotatable bonds is 7. The lowest BCUT2D eigenvalue weighted by atomic mass is 10.1. The van der Waals surface area contributed by atoms with Gasteiger partial charge in [0.05, 0.1) is 12.2 Å². The van der Waals surface area contributed by atoms with Crippen molar-refractivity contribution < 1.29 is 9.84 Å². The summed E-state index contributed by atoms with van der Waals surface area (Å²) in [6.07, 6.45) is 0.789. The molecular formula is C14H20N2O2. The zero-order valence-corrected chi connectivity index (χ0v) is 10.9. The molecule has 1 rings (SSSR count). The van der Waals surface area contributed by atoms with Crippen LogP contribution in [0.1, 0.15) is 31.9 Å². The standard InChI is InChI=1S/C14H20N2O2/c1-11(2)18-13-6-4-12(5-7-13)14(10-15)16-8-3-9-17/h4-7,11,14,16-17H,3,8-9H2,1-2H3. The van der Waals surface area contributed by atoms with E-state index in [1.54, 1.807) is 0 Å². The van der Waals surface area contributed by atoms with Crippen LogP contribution in [0.25, 0.3) is 0 Å². The number of aliphatic hydroxyl groups excluding tert-OH is 1. The van der Waals surface area contributed by atoms with Gasteiger partial charge in [0.1, 0.15) is 11.8 Å². The number of ether oxygens (including phenoxy) is 1. The lowest BCUT2D eigenvalue weighted by molar-refractivity contribution is 0.242. The van der Waals surface area contributed by atoms with Gasteiger partial charge in [0, 0.05) is 6.61 Å². The van der Waals surface area contributed by atoms with Gasteiger partial charge in [0.25, 0.3) is 0 Å². The van der Waals surface area contributed by atoms with Crippen LogP contribution >= 0.6 is 0 Å². The summed E-state index contributed by atoms with van der Waals surface area (Å²) in [7, 11) is 0. The van der Waals surface area contributed by atoms with Crippen LogP contribution in [0.4, 0.5) is 0 Å². The molecule has 1 unspecified atom stereocenters. The highest BCUT2D eigenvalue weighted by Gasteiger charge is 2.09. The second-order valence-electron chi connectivity index (χ2n) is 4.33. The minimum Gasteiger partial charge on any atom is -0.491 e. The van der Waals surface area contributed by atoms with Gasteiger partial charge in [-0.3, -0.25) is 5.32 Å². The molecular weight excluding hydrogens is 228 g/mol. The molecule has 0 saturated heterocycles. The Kier molecular flexibility index (Phi) is 6.20. The molecule has 0 aliphatic heterocycles. The first-order valence-electron chi connectivity index (χ1n) is 6.18. The lowest BCUT2D eigenvalue weighted by Crippen LogP contribution is -2.21. The summed E-state index contributed by atoms with van der Waals surface area (Å²) in [4.78, 5) is 0. The first-order chi connectivity index (χ1) is 8.67. The van der Waals surface area contributed by atoms with Gasteiger partial charge in [0.2, 0.25) is 0 Å². The van der Waals surface area contributed by atoms with E-state index in [0.29, 0.717) is 13.0 Å². The van der Waals surface area contributed by atoms with Crippen molar-refractivity contribution in [3.8, 4) is 11.8 Å². The number of nitriles is 1. The predicted molar refractivity (Wildman–Crippen MR) is 70.3 cm³/mol. The highest BCUT2D eigenvalue weighted by Crippen LogP contribution is 2.18. The maximum Gasteiger partial charge on any atom is 0.121 e. The van der Waals surface area contributed by atoms with E-state index in [-0.39, 0.29) is 18.8 Å². The molecule has 0 spiro atoms. The van der Waals surface area contributed by atoms with Crippen molar-refractivity contribution in [1.29, 1.82) is 5.26 Å². The van der Waals surface area contributed by atoms with Crippen LogP contribution in [0.3, 0.4) is 0 Å². The van der Waals surface area contributed by atoms with Crippen molar-refractivity contribution in [2.45, 2.75) is 32.4 Å². The highest BCUT2D eigenvalue weighted by atomic mass is 16.5. The largest absolute Gasteiger partial charge is 0.491 e. The molecule has 0 fully saturated rings. The van der Waals surface area contributed by atoms with Crippen LogP contribution in [0.2, 0.25) is 0 Å². The van der Waals surface area contributed by atoms with Gasteiger partial charge in [0.15, 0.2) is 0 Å². The summed E-state index contributed by atoms with van der Waals surface area (Å²) in [5.41, 5.74) is 0.909. The first-order valence-corrected chi connectivity index (χ1v) is 6.18. The minimum absolute atomic E-state index is 0.131. The Labute approximate surface area is 108 Å². The Morgan fingerprint density at radius 3 is 2.50 bits per heavy atom. The van der Waals surface area contributed by atoms with Crippen molar-refractivity contribution in [1.82, 2.24) is 5.32 Å². The molecule has 0 aliphatic carbocycles. The van der Waals surface area contributed by atoms with Crippen molar-refractivity contribution >= 4 is 0 Å². The molecule has 0 saturated carbocycles. The van der Waals surface area contributed by atoms with Crippen molar-refractivity contribution in [3.63, 3.8) is 0 Å². The molecule has 18 heavy (non-hydrogen) atoms. The molecule has 0 heterocycles. The molecule has 4 heteroatoms. The molecule has 0 radical (unpaired) electrons. The summed E-state index contributed by atoms with van der Waals surface area (Å²) in [6, 6.07) is 9.37.